The summed E-state index contributed by atoms with van der Waals surface area (Å²) in [5, 5.41) is 0. The van der Waals surface area contributed by atoms with Gasteiger partial charge >= 0.3 is 0 Å². The van der Waals surface area contributed by atoms with Gasteiger partial charge in [0.2, 0.25) is 0 Å². The summed E-state index contributed by atoms with van der Waals surface area (Å²) < 4.78 is 13.2. The highest BCUT2D eigenvalue weighted by molar-refractivity contribution is 5.57. The Morgan fingerprint density at radius 2 is 1.42 bits per heavy atom. The second kappa shape index (κ2) is 7.56. The van der Waals surface area contributed by atoms with E-state index in [9.17, 15) is 4.39 Å². The van der Waals surface area contributed by atoms with Gasteiger partial charge in [-0.05, 0) is 47.9 Å². The second-order valence-electron chi connectivity index (χ2n) is 6.61. The number of hydrogen-bond donors (Lipinski definition) is 0. The van der Waals surface area contributed by atoms with Crippen molar-refractivity contribution in [3.63, 3.8) is 0 Å². The number of rotatable bonds is 4. The Morgan fingerprint density at radius 3 is 2.15 bits per heavy atom. The summed E-state index contributed by atoms with van der Waals surface area (Å²) >= 11 is 0. The fourth-order valence-electron chi connectivity index (χ4n) is 3.55. The standard InChI is InChI=1S/C22H22FN3/c23-20-7-5-18(6-8-20)17-19-3-1-2-4-22(19)26-15-13-25(14-16-26)21-9-11-24-12-10-21/h1-12H,13-17H2. The Balaban J connectivity index is 1.48. The van der Waals surface area contributed by atoms with Crippen LogP contribution in [0.15, 0.2) is 73.1 Å². The third kappa shape index (κ3) is 3.69. The summed E-state index contributed by atoms with van der Waals surface area (Å²) in [6.45, 7) is 3.97. The zero-order valence-electron chi connectivity index (χ0n) is 14.7. The number of para-hydroxylation sites is 1. The van der Waals surface area contributed by atoms with Gasteiger partial charge in [-0.25, -0.2) is 4.39 Å². The van der Waals surface area contributed by atoms with E-state index >= 15 is 0 Å². The first-order chi connectivity index (χ1) is 12.8. The number of benzene rings is 2. The van der Waals surface area contributed by atoms with E-state index in [4.69, 9.17) is 0 Å². The minimum absolute atomic E-state index is 0.186. The molecule has 0 atom stereocenters. The molecule has 0 N–H and O–H groups in total. The van der Waals surface area contributed by atoms with Gasteiger partial charge < -0.3 is 9.80 Å². The third-order valence-corrected chi connectivity index (χ3v) is 4.95. The summed E-state index contributed by atoms with van der Waals surface area (Å²) in [7, 11) is 0. The molecule has 4 rings (SSSR count). The van der Waals surface area contributed by atoms with Gasteiger partial charge in [0.1, 0.15) is 5.82 Å². The number of pyridine rings is 1. The van der Waals surface area contributed by atoms with Crippen LogP contribution in [0.4, 0.5) is 15.8 Å². The maximum atomic E-state index is 13.2. The van der Waals surface area contributed by atoms with Crippen LogP contribution < -0.4 is 9.80 Å². The maximum Gasteiger partial charge on any atom is 0.123 e. The van der Waals surface area contributed by atoms with Gasteiger partial charge in [0.05, 0.1) is 0 Å². The van der Waals surface area contributed by atoms with Crippen LogP contribution in [0, 0.1) is 5.82 Å². The van der Waals surface area contributed by atoms with Crippen molar-refractivity contribution in [3.8, 4) is 0 Å². The van der Waals surface area contributed by atoms with E-state index in [0.717, 1.165) is 38.2 Å². The second-order valence-corrected chi connectivity index (χ2v) is 6.61. The third-order valence-electron chi connectivity index (χ3n) is 4.95. The zero-order valence-corrected chi connectivity index (χ0v) is 14.7. The predicted octanol–water partition coefficient (Wildman–Crippen LogP) is 4.14. The molecule has 1 aliphatic heterocycles. The van der Waals surface area contributed by atoms with E-state index in [1.54, 1.807) is 0 Å². The van der Waals surface area contributed by atoms with Crippen molar-refractivity contribution in [2.24, 2.45) is 0 Å². The molecule has 132 valence electrons. The highest BCUT2D eigenvalue weighted by Crippen LogP contribution is 2.25. The van der Waals surface area contributed by atoms with Crippen LogP contribution >= 0.6 is 0 Å². The van der Waals surface area contributed by atoms with Crippen molar-refractivity contribution in [1.82, 2.24) is 4.98 Å². The minimum Gasteiger partial charge on any atom is -0.368 e. The van der Waals surface area contributed by atoms with E-state index in [1.807, 2.05) is 24.5 Å². The van der Waals surface area contributed by atoms with Crippen LogP contribution in [0.1, 0.15) is 11.1 Å². The summed E-state index contributed by atoms with van der Waals surface area (Å²) in [6.07, 6.45) is 4.51. The van der Waals surface area contributed by atoms with Crippen molar-refractivity contribution in [3.05, 3.63) is 90.0 Å². The molecule has 0 saturated carbocycles. The lowest BCUT2D eigenvalue weighted by molar-refractivity contribution is 0.627. The quantitative estimate of drug-likeness (QED) is 0.707. The van der Waals surface area contributed by atoms with Gasteiger partial charge in [0, 0.05) is 49.9 Å². The Morgan fingerprint density at radius 1 is 0.769 bits per heavy atom. The predicted molar refractivity (Wildman–Crippen MR) is 104 cm³/mol. The molecule has 0 amide bonds. The smallest absolute Gasteiger partial charge is 0.123 e. The average Bonchev–Trinajstić information content (AvgIpc) is 2.71. The Bertz CT molecular complexity index is 841. The number of nitrogens with zero attached hydrogens (tertiary/aromatic N) is 3. The van der Waals surface area contributed by atoms with Gasteiger partial charge in [-0.3, -0.25) is 4.98 Å². The van der Waals surface area contributed by atoms with Crippen molar-refractivity contribution in [2.75, 3.05) is 36.0 Å². The molecule has 1 fully saturated rings. The number of halogens is 1. The molecule has 1 saturated heterocycles. The van der Waals surface area contributed by atoms with Crippen LogP contribution in [0.5, 0.6) is 0 Å². The Hall–Kier alpha value is -2.88. The average molecular weight is 347 g/mol. The van der Waals surface area contributed by atoms with Crippen LogP contribution in [0.2, 0.25) is 0 Å². The molecule has 26 heavy (non-hydrogen) atoms. The van der Waals surface area contributed by atoms with E-state index in [-0.39, 0.29) is 5.82 Å². The monoisotopic (exact) mass is 347 g/mol. The topological polar surface area (TPSA) is 19.4 Å². The van der Waals surface area contributed by atoms with E-state index in [2.05, 4.69) is 51.2 Å². The first-order valence-electron chi connectivity index (χ1n) is 9.02. The van der Waals surface area contributed by atoms with Gasteiger partial charge in [-0.1, -0.05) is 30.3 Å². The van der Waals surface area contributed by atoms with Crippen LogP contribution in [0.25, 0.3) is 0 Å². The molecule has 0 spiro atoms. The molecular weight excluding hydrogens is 325 g/mol. The summed E-state index contributed by atoms with van der Waals surface area (Å²) in [5.74, 6) is -0.186. The van der Waals surface area contributed by atoms with Crippen molar-refractivity contribution >= 4 is 11.4 Å². The van der Waals surface area contributed by atoms with Crippen LogP contribution in [-0.2, 0) is 6.42 Å². The first-order valence-corrected chi connectivity index (χ1v) is 9.02. The normalized spacial score (nSPS) is 14.5. The lowest BCUT2D eigenvalue weighted by Gasteiger charge is -2.38. The largest absolute Gasteiger partial charge is 0.368 e. The number of hydrogen-bond acceptors (Lipinski definition) is 3. The fraction of sp³-hybridized carbons (Fsp3) is 0.227. The van der Waals surface area contributed by atoms with Crippen molar-refractivity contribution in [1.29, 1.82) is 0 Å². The summed E-state index contributed by atoms with van der Waals surface area (Å²) in [6, 6.07) is 19.5. The highest BCUT2D eigenvalue weighted by Gasteiger charge is 2.19. The molecule has 0 radical (unpaired) electrons. The summed E-state index contributed by atoms with van der Waals surface area (Å²) in [4.78, 5) is 8.96. The fourth-order valence-corrected chi connectivity index (χ4v) is 3.55. The number of aromatic nitrogens is 1. The molecule has 3 nitrogen and oxygen atoms in total. The van der Waals surface area contributed by atoms with Gasteiger partial charge in [-0.15, -0.1) is 0 Å². The molecule has 2 aromatic carbocycles. The van der Waals surface area contributed by atoms with Gasteiger partial charge in [0.15, 0.2) is 0 Å². The van der Waals surface area contributed by atoms with E-state index in [0.29, 0.717) is 0 Å². The molecule has 4 heteroatoms. The van der Waals surface area contributed by atoms with E-state index < -0.39 is 0 Å². The molecular formula is C22H22FN3. The minimum atomic E-state index is -0.186. The molecule has 0 bridgehead atoms. The highest BCUT2D eigenvalue weighted by atomic mass is 19.1. The number of piperazine rings is 1. The SMILES string of the molecule is Fc1ccc(Cc2ccccc2N2CCN(c3ccncc3)CC2)cc1. The van der Waals surface area contributed by atoms with Crippen LogP contribution in [-0.4, -0.2) is 31.2 Å². The lowest BCUT2D eigenvalue weighted by Crippen LogP contribution is -2.46. The molecule has 3 aromatic rings. The van der Waals surface area contributed by atoms with Crippen molar-refractivity contribution < 1.29 is 4.39 Å². The van der Waals surface area contributed by atoms with Crippen LogP contribution in [0.3, 0.4) is 0 Å². The molecule has 0 unspecified atom stereocenters. The first kappa shape index (κ1) is 16.6. The molecule has 2 heterocycles. The zero-order chi connectivity index (χ0) is 17.8. The number of anilines is 2. The lowest BCUT2D eigenvalue weighted by atomic mass is 10.0. The molecule has 1 aliphatic rings. The van der Waals surface area contributed by atoms with Gasteiger partial charge in [0.25, 0.3) is 0 Å². The maximum absolute atomic E-state index is 13.2. The van der Waals surface area contributed by atoms with E-state index in [1.165, 1.54) is 29.1 Å². The summed E-state index contributed by atoms with van der Waals surface area (Å²) in [5.41, 5.74) is 4.94. The van der Waals surface area contributed by atoms with Gasteiger partial charge in [-0.2, -0.15) is 0 Å². The molecule has 0 aliphatic carbocycles. The molecule has 1 aromatic heterocycles. The van der Waals surface area contributed by atoms with Crippen molar-refractivity contribution in [2.45, 2.75) is 6.42 Å². The Labute approximate surface area is 153 Å². The Kier molecular flexibility index (Phi) is 4.82.